The summed E-state index contributed by atoms with van der Waals surface area (Å²) in [5.41, 5.74) is 1.45. The number of carbonyl (C=O) groups excluding carboxylic acids is 1. The van der Waals surface area contributed by atoms with E-state index >= 15 is 0 Å². The highest BCUT2D eigenvalue weighted by molar-refractivity contribution is 5.81. The molecule has 4 heterocycles. The van der Waals surface area contributed by atoms with Crippen LogP contribution in [0.4, 0.5) is 11.6 Å². The standard InChI is InChI=1S/C19H23N7O2/c1-11-7-18(22-12(2)21-11)23-17-8-16-15(9-20-17)19(28)24-26(16)14-5-4-6-25(10-14)13(3)27/h7-9,14H,4-6,10H2,1-3H3,(H,24,28)(H,20,21,22,23). The van der Waals surface area contributed by atoms with Gasteiger partial charge in [0, 0.05) is 44.0 Å². The number of aryl methyl sites for hydroxylation is 2. The van der Waals surface area contributed by atoms with Crippen LogP contribution in [0.25, 0.3) is 10.9 Å². The second-order valence-electron chi connectivity index (χ2n) is 7.23. The number of fused-ring (bicyclic) bond motifs is 1. The smallest absolute Gasteiger partial charge is 0.273 e. The molecule has 3 aromatic heterocycles. The summed E-state index contributed by atoms with van der Waals surface area (Å²) in [6, 6.07) is 3.71. The lowest BCUT2D eigenvalue weighted by Crippen LogP contribution is -2.39. The molecular weight excluding hydrogens is 358 g/mol. The summed E-state index contributed by atoms with van der Waals surface area (Å²) in [7, 11) is 0. The molecule has 1 aliphatic heterocycles. The second-order valence-corrected chi connectivity index (χ2v) is 7.23. The SMILES string of the molecule is CC(=O)N1CCCC(n2[nH]c(=O)c3cnc(Nc4cc(C)nc(C)n4)cc32)C1. The number of anilines is 2. The van der Waals surface area contributed by atoms with Gasteiger partial charge in [-0.3, -0.25) is 19.4 Å². The number of nitrogens with zero attached hydrogens (tertiary/aromatic N) is 5. The van der Waals surface area contributed by atoms with Gasteiger partial charge >= 0.3 is 0 Å². The fourth-order valence-corrected chi connectivity index (χ4v) is 3.77. The van der Waals surface area contributed by atoms with E-state index in [4.69, 9.17) is 0 Å². The van der Waals surface area contributed by atoms with E-state index in [1.165, 1.54) is 0 Å². The van der Waals surface area contributed by atoms with E-state index in [1.807, 2.05) is 35.6 Å². The van der Waals surface area contributed by atoms with Crippen LogP contribution in [0.15, 0.2) is 23.1 Å². The number of piperidine rings is 1. The Morgan fingerprint density at radius 1 is 1.25 bits per heavy atom. The van der Waals surface area contributed by atoms with Crippen molar-refractivity contribution in [1.82, 2.24) is 29.6 Å². The number of pyridine rings is 1. The average molecular weight is 381 g/mol. The molecule has 1 amide bonds. The van der Waals surface area contributed by atoms with Crippen LogP contribution in [0.5, 0.6) is 0 Å². The number of nitrogens with one attached hydrogen (secondary N) is 2. The lowest BCUT2D eigenvalue weighted by molar-refractivity contribution is -0.130. The minimum atomic E-state index is -0.178. The zero-order valence-electron chi connectivity index (χ0n) is 16.2. The Hall–Kier alpha value is -3.23. The Labute approximate surface area is 161 Å². The van der Waals surface area contributed by atoms with E-state index < -0.39 is 0 Å². The molecule has 3 aromatic rings. The first-order chi connectivity index (χ1) is 13.4. The Morgan fingerprint density at radius 3 is 2.82 bits per heavy atom. The molecular formula is C19H23N7O2. The van der Waals surface area contributed by atoms with Crippen molar-refractivity contribution in [3.05, 3.63) is 40.2 Å². The Kier molecular flexibility index (Phi) is 4.58. The summed E-state index contributed by atoms with van der Waals surface area (Å²) >= 11 is 0. The molecule has 0 radical (unpaired) electrons. The van der Waals surface area contributed by atoms with E-state index in [0.717, 1.165) is 30.6 Å². The number of likely N-dealkylation sites (tertiary alicyclic amines) is 1. The highest BCUT2D eigenvalue weighted by Crippen LogP contribution is 2.25. The third-order valence-electron chi connectivity index (χ3n) is 5.04. The number of aromatic amines is 1. The first-order valence-electron chi connectivity index (χ1n) is 9.36. The third-order valence-corrected chi connectivity index (χ3v) is 5.04. The summed E-state index contributed by atoms with van der Waals surface area (Å²) < 4.78 is 1.87. The first kappa shape index (κ1) is 18.1. The fraction of sp³-hybridized carbons (Fsp3) is 0.421. The number of aromatic nitrogens is 5. The topological polar surface area (TPSA) is 109 Å². The molecule has 0 saturated carbocycles. The zero-order chi connectivity index (χ0) is 19.8. The molecule has 2 N–H and O–H groups in total. The predicted molar refractivity (Wildman–Crippen MR) is 106 cm³/mol. The van der Waals surface area contributed by atoms with Crippen LogP contribution >= 0.6 is 0 Å². The normalized spacial score (nSPS) is 17.1. The largest absolute Gasteiger partial charge is 0.341 e. The number of H-pyrrole nitrogens is 1. The van der Waals surface area contributed by atoms with Crippen molar-refractivity contribution in [2.75, 3.05) is 18.4 Å². The van der Waals surface area contributed by atoms with Gasteiger partial charge < -0.3 is 10.2 Å². The van der Waals surface area contributed by atoms with E-state index in [1.54, 1.807) is 13.1 Å². The Bertz CT molecular complexity index is 1080. The van der Waals surface area contributed by atoms with Gasteiger partial charge in [-0.05, 0) is 26.7 Å². The molecule has 0 aromatic carbocycles. The highest BCUT2D eigenvalue weighted by Gasteiger charge is 2.25. The van der Waals surface area contributed by atoms with Crippen LogP contribution in [-0.4, -0.2) is 48.6 Å². The molecule has 9 heteroatoms. The lowest BCUT2D eigenvalue weighted by Gasteiger charge is -2.32. The van der Waals surface area contributed by atoms with E-state index in [2.05, 4.69) is 25.4 Å². The van der Waals surface area contributed by atoms with Gasteiger partial charge in [-0.25, -0.2) is 15.0 Å². The van der Waals surface area contributed by atoms with Gasteiger partial charge in [0.2, 0.25) is 5.91 Å². The van der Waals surface area contributed by atoms with Crippen LogP contribution in [0.2, 0.25) is 0 Å². The molecule has 0 spiro atoms. The van der Waals surface area contributed by atoms with Gasteiger partial charge in [0.25, 0.3) is 5.56 Å². The van der Waals surface area contributed by atoms with E-state index in [-0.39, 0.29) is 17.5 Å². The van der Waals surface area contributed by atoms with Crippen LogP contribution in [0, 0.1) is 13.8 Å². The Morgan fingerprint density at radius 2 is 2.07 bits per heavy atom. The molecule has 1 atom stereocenters. The monoisotopic (exact) mass is 381 g/mol. The van der Waals surface area contributed by atoms with Crippen LogP contribution in [0.3, 0.4) is 0 Å². The zero-order valence-corrected chi connectivity index (χ0v) is 16.2. The quantitative estimate of drug-likeness (QED) is 0.719. The Balaban J connectivity index is 1.69. The maximum atomic E-state index is 12.4. The van der Waals surface area contributed by atoms with Crippen molar-refractivity contribution in [1.29, 1.82) is 0 Å². The minimum Gasteiger partial charge on any atom is -0.341 e. The molecule has 4 rings (SSSR count). The molecule has 146 valence electrons. The molecule has 0 aliphatic carbocycles. The number of hydrogen-bond donors (Lipinski definition) is 2. The maximum absolute atomic E-state index is 12.4. The van der Waals surface area contributed by atoms with Gasteiger partial charge in [0.1, 0.15) is 17.5 Å². The van der Waals surface area contributed by atoms with Crippen LogP contribution in [0.1, 0.15) is 37.3 Å². The number of amides is 1. The van der Waals surface area contributed by atoms with Crippen molar-refractivity contribution in [2.24, 2.45) is 0 Å². The molecule has 1 fully saturated rings. The number of carbonyl (C=O) groups is 1. The van der Waals surface area contributed by atoms with Crippen molar-refractivity contribution < 1.29 is 4.79 Å². The molecule has 0 bridgehead atoms. The van der Waals surface area contributed by atoms with Crippen LogP contribution < -0.4 is 10.9 Å². The van der Waals surface area contributed by atoms with Crippen molar-refractivity contribution in [2.45, 2.75) is 39.7 Å². The summed E-state index contributed by atoms with van der Waals surface area (Å²) in [5.74, 6) is 1.98. The minimum absolute atomic E-state index is 0.0293. The summed E-state index contributed by atoms with van der Waals surface area (Å²) in [4.78, 5) is 39.0. The first-order valence-corrected chi connectivity index (χ1v) is 9.36. The molecule has 28 heavy (non-hydrogen) atoms. The highest BCUT2D eigenvalue weighted by atomic mass is 16.2. The molecule has 1 saturated heterocycles. The molecule has 9 nitrogen and oxygen atoms in total. The van der Waals surface area contributed by atoms with Crippen molar-refractivity contribution >= 4 is 28.4 Å². The van der Waals surface area contributed by atoms with Crippen molar-refractivity contribution in [3.63, 3.8) is 0 Å². The molecule has 1 aliphatic rings. The van der Waals surface area contributed by atoms with Gasteiger partial charge in [-0.2, -0.15) is 0 Å². The third kappa shape index (κ3) is 3.47. The number of rotatable bonds is 3. The summed E-state index contributed by atoms with van der Waals surface area (Å²) in [5, 5.41) is 6.64. The average Bonchev–Trinajstić information content (AvgIpc) is 2.97. The van der Waals surface area contributed by atoms with Gasteiger partial charge in [-0.1, -0.05) is 0 Å². The predicted octanol–water partition coefficient (Wildman–Crippen LogP) is 2.06. The fourth-order valence-electron chi connectivity index (χ4n) is 3.77. The van der Waals surface area contributed by atoms with Crippen molar-refractivity contribution in [3.8, 4) is 0 Å². The van der Waals surface area contributed by atoms with E-state index in [9.17, 15) is 9.59 Å². The lowest BCUT2D eigenvalue weighted by atomic mass is 10.1. The molecule has 1 unspecified atom stereocenters. The second kappa shape index (κ2) is 7.06. The summed E-state index contributed by atoms with van der Waals surface area (Å²) in [6.45, 7) is 6.67. The summed E-state index contributed by atoms with van der Waals surface area (Å²) in [6.07, 6.45) is 3.37. The van der Waals surface area contributed by atoms with Gasteiger partial charge in [0.15, 0.2) is 0 Å². The number of hydrogen-bond acceptors (Lipinski definition) is 6. The maximum Gasteiger partial charge on any atom is 0.273 e. The van der Waals surface area contributed by atoms with Gasteiger partial charge in [0.05, 0.1) is 16.9 Å². The van der Waals surface area contributed by atoms with Gasteiger partial charge in [-0.15, -0.1) is 0 Å². The van der Waals surface area contributed by atoms with E-state index in [0.29, 0.717) is 29.4 Å². The van der Waals surface area contributed by atoms with Crippen LogP contribution in [-0.2, 0) is 4.79 Å².